The van der Waals surface area contributed by atoms with Crippen LogP contribution in [0.5, 0.6) is 0 Å². The molecule has 1 aromatic carbocycles. The van der Waals surface area contributed by atoms with Crippen molar-refractivity contribution >= 4 is 40.6 Å². The molecular weight excluding hydrogens is 516 g/mol. The Balaban J connectivity index is 1.67. The number of carboxylic acid groups (broad SMARTS) is 1. The van der Waals surface area contributed by atoms with Crippen molar-refractivity contribution < 1.29 is 33.5 Å². The van der Waals surface area contributed by atoms with Crippen molar-refractivity contribution in [2.75, 3.05) is 6.54 Å². The SMILES string of the molecule is CC(C)C[C@H](NC(=O)N1CC(=O)[C@@H](NC(=O)[C@H](CC(C)C)NC(=O)c2cc3ccccc3o2)CC[C@H]1C)C(=O)O. The molecule has 1 aliphatic heterocycles. The van der Waals surface area contributed by atoms with Gasteiger partial charge in [0, 0.05) is 11.4 Å². The average Bonchev–Trinajstić information content (AvgIpc) is 3.26. The largest absolute Gasteiger partial charge is 0.480 e. The van der Waals surface area contributed by atoms with Gasteiger partial charge < -0.3 is 30.4 Å². The summed E-state index contributed by atoms with van der Waals surface area (Å²) in [6, 6.07) is 5.02. The minimum absolute atomic E-state index is 0.0512. The van der Waals surface area contributed by atoms with Crippen LogP contribution < -0.4 is 16.0 Å². The Kier molecular flexibility index (Phi) is 10.3. The summed E-state index contributed by atoms with van der Waals surface area (Å²) in [5, 5.41) is 18.3. The number of carbonyl (C=O) groups excluding carboxylic acids is 4. The standard InChI is InChI=1S/C29H40N4O7/c1-16(2)12-21(31-27(36)25-14-19-8-6-7-9-24(19)40-25)26(35)30-20-11-10-18(5)33(15-23(20)34)29(39)32-22(28(37)38)13-17(3)4/h6-9,14,16-18,20-22H,10-13,15H2,1-5H3,(H,30,35)(H,31,36)(H,32,39)(H,37,38)/t18-,20+,21+,22+/m1/s1. The van der Waals surface area contributed by atoms with Crippen molar-refractivity contribution in [3.05, 3.63) is 36.1 Å². The zero-order valence-electron chi connectivity index (χ0n) is 23.7. The second kappa shape index (κ2) is 13.5. The van der Waals surface area contributed by atoms with Gasteiger partial charge >= 0.3 is 12.0 Å². The number of carbonyl (C=O) groups is 5. The summed E-state index contributed by atoms with van der Waals surface area (Å²) in [6.45, 7) is 9.08. The van der Waals surface area contributed by atoms with Crippen LogP contribution in [0.4, 0.5) is 4.79 Å². The molecule has 2 aromatic rings. The third kappa shape index (κ3) is 8.06. The van der Waals surface area contributed by atoms with Gasteiger partial charge in [-0.3, -0.25) is 14.4 Å². The van der Waals surface area contributed by atoms with E-state index in [0.29, 0.717) is 24.8 Å². The van der Waals surface area contributed by atoms with E-state index < -0.39 is 41.9 Å². The number of rotatable bonds is 10. The van der Waals surface area contributed by atoms with E-state index in [4.69, 9.17) is 4.42 Å². The summed E-state index contributed by atoms with van der Waals surface area (Å²) in [5.41, 5.74) is 0.558. The molecule has 218 valence electrons. The van der Waals surface area contributed by atoms with Gasteiger partial charge in [0.05, 0.1) is 12.6 Å². The number of hydrogen-bond donors (Lipinski definition) is 4. The molecule has 11 nitrogen and oxygen atoms in total. The number of nitrogens with one attached hydrogen (secondary N) is 3. The molecule has 11 heteroatoms. The number of furan rings is 1. The molecule has 3 rings (SSSR count). The molecule has 1 saturated heterocycles. The van der Waals surface area contributed by atoms with Crippen molar-refractivity contribution in [1.82, 2.24) is 20.9 Å². The average molecular weight is 557 g/mol. The highest BCUT2D eigenvalue weighted by Gasteiger charge is 2.35. The molecule has 4 amide bonds. The first kappa shape index (κ1) is 30.6. The number of ketones is 1. The molecule has 0 radical (unpaired) electrons. The van der Waals surface area contributed by atoms with Gasteiger partial charge in [-0.1, -0.05) is 45.9 Å². The Hall–Kier alpha value is -3.89. The minimum atomic E-state index is -1.14. The highest BCUT2D eigenvalue weighted by Crippen LogP contribution is 2.20. The summed E-state index contributed by atoms with van der Waals surface area (Å²) in [4.78, 5) is 65.2. The lowest BCUT2D eigenvalue weighted by molar-refractivity contribution is -0.139. The van der Waals surface area contributed by atoms with Gasteiger partial charge in [-0.05, 0) is 56.6 Å². The highest BCUT2D eigenvalue weighted by molar-refractivity contribution is 6.00. The lowest BCUT2D eigenvalue weighted by Gasteiger charge is -2.28. The lowest BCUT2D eigenvalue weighted by atomic mass is 10.0. The summed E-state index contributed by atoms with van der Waals surface area (Å²) in [6.07, 6.45) is 1.32. The minimum Gasteiger partial charge on any atom is -0.480 e. The van der Waals surface area contributed by atoms with Gasteiger partial charge in [0.15, 0.2) is 11.5 Å². The van der Waals surface area contributed by atoms with Gasteiger partial charge in [-0.15, -0.1) is 0 Å². The first-order valence-electron chi connectivity index (χ1n) is 13.8. The summed E-state index contributed by atoms with van der Waals surface area (Å²) < 4.78 is 5.63. The summed E-state index contributed by atoms with van der Waals surface area (Å²) in [7, 11) is 0. The number of benzene rings is 1. The Morgan fingerprint density at radius 1 is 1.00 bits per heavy atom. The molecule has 0 unspecified atom stereocenters. The summed E-state index contributed by atoms with van der Waals surface area (Å²) in [5.74, 6) is -2.32. The first-order chi connectivity index (χ1) is 18.8. The van der Waals surface area contributed by atoms with Crippen molar-refractivity contribution in [1.29, 1.82) is 0 Å². The molecule has 0 saturated carbocycles. The zero-order chi connectivity index (χ0) is 29.6. The Labute approximate surface area is 234 Å². The van der Waals surface area contributed by atoms with Crippen LogP contribution in [0.2, 0.25) is 0 Å². The van der Waals surface area contributed by atoms with Gasteiger partial charge in [-0.2, -0.15) is 0 Å². The van der Waals surface area contributed by atoms with Crippen LogP contribution >= 0.6 is 0 Å². The maximum Gasteiger partial charge on any atom is 0.326 e. The number of Topliss-reactive ketones (excluding diaryl/α,β-unsaturated/α-hetero) is 1. The third-order valence-corrected chi connectivity index (χ3v) is 6.98. The topological polar surface area (TPSA) is 158 Å². The van der Waals surface area contributed by atoms with Crippen LogP contribution in [-0.4, -0.2) is 70.3 Å². The molecule has 1 aliphatic rings. The van der Waals surface area contributed by atoms with Crippen molar-refractivity contribution in [3.63, 3.8) is 0 Å². The van der Waals surface area contributed by atoms with E-state index in [2.05, 4.69) is 16.0 Å². The molecule has 1 fully saturated rings. The predicted molar refractivity (Wildman–Crippen MR) is 149 cm³/mol. The molecule has 2 heterocycles. The zero-order valence-corrected chi connectivity index (χ0v) is 23.7. The molecule has 1 aromatic heterocycles. The van der Waals surface area contributed by atoms with E-state index in [-0.39, 0.29) is 42.4 Å². The molecule has 0 spiro atoms. The van der Waals surface area contributed by atoms with Crippen LogP contribution in [0.3, 0.4) is 0 Å². The van der Waals surface area contributed by atoms with Crippen molar-refractivity contribution in [2.24, 2.45) is 11.8 Å². The highest BCUT2D eigenvalue weighted by atomic mass is 16.4. The van der Waals surface area contributed by atoms with Crippen LogP contribution in [0.1, 0.15) is 70.9 Å². The van der Waals surface area contributed by atoms with Crippen molar-refractivity contribution in [2.45, 2.75) is 84.5 Å². The van der Waals surface area contributed by atoms with E-state index in [1.165, 1.54) is 4.90 Å². The van der Waals surface area contributed by atoms with E-state index in [1.807, 2.05) is 39.8 Å². The molecule has 0 aliphatic carbocycles. The van der Waals surface area contributed by atoms with Gasteiger partial charge in [0.2, 0.25) is 5.91 Å². The fraction of sp³-hybridized carbons (Fsp3) is 0.552. The van der Waals surface area contributed by atoms with Crippen LogP contribution in [0, 0.1) is 11.8 Å². The van der Waals surface area contributed by atoms with E-state index in [1.54, 1.807) is 25.1 Å². The number of hydrogen-bond acceptors (Lipinski definition) is 6. The second-order valence-electron chi connectivity index (χ2n) is 11.4. The third-order valence-electron chi connectivity index (χ3n) is 6.98. The Morgan fingerprint density at radius 3 is 2.27 bits per heavy atom. The van der Waals surface area contributed by atoms with E-state index in [9.17, 15) is 29.1 Å². The number of para-hydroxylation sites is 1. The first-order valence-corrected chi connectivity index (χ1v) is 13.8. The quantitative estimate of drug-likeness (QED) is 0.349. The maximum absolute atomic E-state index is 13.3. The number of fused-ring (bicyclic) bond motifs is 1. The van der Waals surface area contributed by atoms with Gasteiger partial charge in [0.1, 0.15) is 17.7 Å². The maximum atomic E-state index is 13.3. The molecule has 40 heavy (non-hydrogen) atoms. The number of likely N-dealkylation sites (tertiary alicyclic amines) is 1. The number of amides is 4. The van der Waals surface area contributed by atoms with E-state index >= 15 is 0 Å². The fourth-order valence-electron chi connectivity index (χ4n) is 4.81. The van der Waals surface area contributed by atoms with E-state index in [0.717, 1.165) is 5.39 Å². The van der Waals surface area contributed by atoms with Crippen molar-refractivity contribution in [3.8, 4) is 0 Å². The predicted octanol–water partition coefficient (Wildman–Crippen LogP) is 3.32. The van der Waals surface area contributed by atoms with Gasteiger partial charge in [-0.25, -0.2) is 9.59 Å². The second-order valence-corrected chi connectivity index (χ2v) is 11.4. The number of urea groups is 1. The van der Waals surface area contributed by atoms with Gasteiger partial charge in [0.25, 0.3) is 5.91 Å². The monoisotopic (exact) mass is 556 g/mol. The Bertz CT molecular complexity index is 1200. The molecule has 4 N–H and O–H groups in total. The van der Waals surface area contributed by atoms with Crippen LogP contribution in [0.25, 0.3) is 11.0 Å². The molecule has 0 bridgehead atoms. The summed E-state index contributed by atoms with van der Waals surface area (Å²) >= 11 is 0. The Morgan fingerprint density at radius 2 is 1.65 bits per heavy atom. The number of nitrogens with zero attached hydrogens (tertiary/aromatic N) is 1. The lowest BCUT2D eigenvalue weighted by Crippen LogP contribution is -2.54. The van der Waals surface area contributed by atoms with Crippen LogP contribution in [-0.2, 0) is 14.4 Å². The number of carboxylic acids is 1. The van der Waals surface area contributed by atoms with Crippen LogP contribution in [0.15, 0.2) is 34.7 Å². The number of aliphatic carboxylic acids is 1. The fourth-order valence-corrected chi connectivity index (χ4v) is 4.81. The molecular formula is C29H40N4O7. The molecule has 4 atom stereocenters. The smallest absolute Gasteiger partial charge is 0.326 e. The normalized spacial score (nSPS) is 19.3.